The Labute approximate surface area is 150 Å². The number of thiazole rings is 1. The maximum absolute atomic E-state index is 12.4. The minimum absolute atomic E-state index is 0.100. The highest BCUT2D eigenvalue weighted by molar-refractivity contribution is 7.87. The highest BCUT2D eigenvalue weighted by Gasteiger charge is 2.25. The maximum Gasteiger partial charge on any atom is 0.342 e. The van der Waals surface area contributed by atoms with Crippen LogP contribution < -0.4 is 9.92 Å². The van der Waals surface area contributed by atoms with E-state index in [1.54, 1.807) is 6.07 Å². The van der Waals surface area contributed by atoms with E-state index in [4.69, 9.17) is 44.7 Å². The second-order valence-corrected chi connectivity index (χ2v) is 8.21. The van der Waals surface area contributed by atoms with Crippen LogP contribution in [-0.2, 0) is 10.1 Å². The third kappa shape index (κ3) is 3.34. The molecule has 0 bridgehead atoms. The first-order valence-corrected chi connectivity index (χ1v) is 9.37. The average molecular weight is 410 g/mol. The van der Waals surface area contributed by atoms with E-state index in [0.717, 1.165) is 0 Å². The van der Waals surface area contributed by atoms with Crippen molar-refractivity contribution in [2.75, 3.05) is 5.73 Å². The van der Waals surface area contributed by atoms with Gasteiger partial charge in [-0.3, -0.25) is 0 Å². The number of benzene rings is 2. The Morgan fingerprint density at radius 1 is 1.09 bits per heavy atom. The minimum Gasteiger partial charge on any atom is -0.379 e. The van der Waals surface area contributed by atoms with E-state index in [9.17, 15) is 8.42 Å². The number of anilines is 1. The van der Waals surface area contributed by atoms with E-state index in [0.29, 0.717) is 15.3 Å². The van der Waals surface area contributed by atoms with Crippen LogP contribution in [0.3, 0.4) is 0 Å². The monoisotopic (exact) mass is 408 g/mol. The number of rotatable bonds is 3. The molecule has 0 fully saturated rings. The molecule has 0 radical (unpaired) electrons. The lowest BCUT2D eigenvalue weighted by atomic mass is 10.3. The summed E-state index contributed by atoms with van der Waals surface area (Å²) in [6, 6.07) is 7.16. The predicted octanol–water partition coefficient (Wildman–Crippen LogP) is 4.61. The van der Waals surface area contributed by atoms with Crippen molar-refractivity contribution >= 4 is 71.6 Å². The predicted molar refractivity (Wildman–Crippen MR) is 93.3 cm³/mol. The number of hydrogen-bond donors (Lipinski definition) is 1. The molecule has 0 saturated carbocycles. The first kappa shape index (κ1) is 16.6. The molecule has 0 spiro atoms. The van der Waals surface area contributed by atoms with Crippen molar-refractivity contribution in [3.8, 4) is 5.75 Å². The van der Waals surface area contributed by atoms with Crippen LogP contribution in [0.4, 0.5) is 5.13 Å². The van der Waals surface area contributed by atoms with Crippen molar-refractivity contribution in [2.45, 2.75) is 4.90 Å². The van der Waals surface area contributed by atoms with Crippen molar-refractivity contribution < 1.29 is 12.6 Å². The molecule has 2 aromatic carbocycles. The Hall–Kier alpha value is -1.25. The van der Waals surface area contributed by atoms with Crippen molar-refractivity contribution in [3.05, 3.63) is 45.4 Å². The van der Waals surface area contributed by atoms with Crippen LogP contribution in [0.1, 0.15) is 0 Å². The molecule has 10 heteroatoms. The zero-order valence-electron chi connectivity index (χ0n) is 11.1. The standard InChI is InChI=1S/C13H7Cl3N2O3S2/c14-6-3-8(15)12(9(16)4-6)23(19,20)21-7-1-2-10-11(5-7)22-13(17)18-10/h1-5H,(H2,17,18). The molecule has 1 aromatic heterocycles. The molecule has 0 aliphatic carbocycles. The Morgan fingerprint density at radius 3 is 2.39 bits per heavy atom. The second kappa shape index (κ2) is 5.99. The highest BCUT2D eigenvalue weighted by atomic mass is 35.5. The van der Waals surface area contributed by atoms with Crippen LogP contribution in [0, 0.1) is 0 Å². The van der Waals surface area contributed by atoms with Gasteiger partial charge >= 0.3 is 10.1 Å². The van der Waals surface area contributed by atoms with Crippen LogP contribution in [0.15, 0.2) is 35.2 Å². The Balaban J connectivity index is 2.03. The number of aromatic nitrogens is 1. The highest BCUT2D eigenvalue weighted by Crippen LogP contribution is 2.35. The normalized spacial score (nSPS) is 11.8. The zero-order chi connectivity index (χ0) is 16.8. The third-order valence-corrected chi connectivity index (χ3v) is 6.03. The summed E-state index contributed by atoms with van der Waals surface area (Å²) in [6.45, 7) is 0. The number of nitrogens with zero attached hydrogens (tertiary/aromatic N) is 1. The van der Waals surface area contributed by atoms with E-state index in [2.05, 4.69) is 4.98 Å². The fraction of sp³-hybridized carbons (Fsp3) is 0. The molecule has 0 atom stereocenters. The van der Waals surface area contributed by atoms with Gasteiger partial charge in [-0.1, -0.05) is 46.1 Å². The summed E-state index contributed by atoms with van der Waals surface area (Å²) in [5, 5.41) is 0.362. The van der Waals surface area contributed by atoms with Gasteiger partial charge in [0.25, 0.3) is 0 Å². The van der Waals surface area contributed by atoms with Crippen LogP contribution in [-0.4, -0.2) is 13.4 Å². The van der Waals surface area contributed by atoms with Gasteiger partial charge in [-0.2, -0.15) is 8.42 Å². The fourth-order valence-corrected chi connectivity index (χ4v) is 5.09. The zero-order valence-corrected chi connectivity index (χ0v) is 15.0. The SMILES string of the molecule is Nc1nc2ccc(OS(=O)(=O)c3c(Cl)cc(Cl)cc3Cl)cc2s1. The van der Waals surface area contributed by atoms with Gasteiger partial charge in [-0.15, -0.1) is 0 Å². The van der Waals surface area contributed by atoms with Crippen LogP contribution >= 0.6 is 46.1 Å². The van der Waals surface area contributed by atoms with Gasteiger partial charge in [-0.05, 0) is 24.3 Å². The van der Waals surface area contributed by atoms with Crippen LogP contribution in [0.2, 0.25) is 15.1 Å². The lowest BCUT2D eigenvalue weighted by Crippen LogP contribution is -2.11. The molecule has 120 valence electrons. The number of nitrogen functional groups attached to an aromatic ring is 1. The molecular formula is C13H7Cl3N2O3S2. The van der Waals surface area contributed by atoms with Gasteiger partial charge in [0.15, 0.2) is 5.13 Å². The largest absolute Gasteiger partial charge is 0.379 e. The lowest BCUT2D eigenvalue weighted by Gasteiger charge is -2.10. The topological polar surface area (TPSA) is 82.3 Å². The number of halogens is 3. The van der Waals surface area contributed by atoms with E-state index in [1.165, 1.54) is 35.6 Å². The first-order valence-electron chi connectivity index (χ1n) is 6.01. The van der Waals surface area contributed by atoms with Gasteiger partial charge in [0.05, 0.1) is 20.3 Å². The molecule has 3 rings (SSSR count). The van der Waals surface area contributed by atoms with E-state index in [-0.39, 0.29) is 25.7 Å². The fourth-order valence-electron chi connectivity index (χ4n) is 1.91. The summed E-state index contributed by atoms with van der Waals surface area (Å²) in [6.07, 6.45) is 0. The summed E-state index contributed by atoms with van der Waals surface area (Å²) in [7, 11) is -4.22. The summed E-state index contributed by atoms with van der Waals surface area (Å²) < 4.78 is 30.7. The third-order valence-electron chi connectivity index (χ3n) is 2.80. The van der Waals surface area contributed by atoms with E-state index in [1.807, 2.05) is 0 Å². The van der Waals surface area contributed by atoms with Gasteiger partial charge in [0, 0.05) is 11.1 Å². The molecular weight excluding hydrogens is 403 g/mol. The molecule has 3 aromatic rings. The van der Waals surface area contributed by atoms with Gasteiger partial charge < -0.3 is 9.92 Å². The summed E-state index contributed by atoms with van der Waals surface area (Å²) in [5.41, 5.74) is 6.27. The van der Waals surface area contributed by atoms with E-state index < -0.39 is 10.1 Å². The number of nitrogens with two attached hydrogens (primary N) is 1. The smallest absolute Gasteiger partial charge is 0.342 e. The summed E-state index contributed by atoms with van der Waals surface area (Å²) in [5.74, 6) is 0.100. The Kier molecular flexibility index (Phi) is 4.33. The Morgan fingerprint density at radius 2 is 1.74 bits per heavy atom. The quantitative estimate of drug-likeness (QED) is 0.639. The molecule has 1 heterocycles. The first-order chi connectivity index (χ1) is 10.8. The molecule has 0 unspecified atom stereocenters. The van der Waals surface area contributed by atoms with E-state index >= 15 is 0 Å². The van der Waals surface area contributed by atoms with Crippen molar-refractivity contribution in [1.29, 1.82) is 0 Å². The van der Waals surface area contributed by atoms with Crippen molar-refractivity contribution in [2.24, 2.45) is 0 Å². The van der Waals surface area contributed by atoms with Gasteiger partial charge in [0.1, 0.15) is 10.6 Å². The molecule has 0 aliphatic rings. The summed E-state index contributed by atoms with van der Waals surface area (Å²) >= 11 is 18.9. The van der Waals surface area contributed by atoms with Crippen LogP contribution in [0.5, 0.6) is 5.75 Å². The van der Waals surface area contributed by atoms with Gasteiger partial charge in [0.2, 0.25) is 0 Å². The maximum atomic E-state index is 12.4. The lowest BCUT2D eigenvalue weighted by molar-refractivity contribution is 0.486. The molecule has 23 heavy (non-hydrogen) atoms. The second-order valence-electron chi connectivity index (χ2n) is 4.42. The number of fused-ring (bicyclic) bond motifs is 1. The Bertz CT molecular complexity index is 995. The average Bonchev–Trinajstić information content (AvgIpc) is 2.75. The molecule has 0 amide bonds. The number of hydrogen-bond acceptors (Lipinski definition) is 6. The van der Waals surface area contributed by atoms with Crippen molar-refractivity contribution in [1.82, 2.24) is 4.98 Å². The molecule has 0 aliphatic heterocycles. The summed E-state index contributed by atoms with van der Waals surface area (Å²) in [4.78, 5) is 3.74. The molecule has 0 saturated heterocycles. The minimum atomic E-state index is -4.22. The van der Waals surface area contributed by atoms with Crippen molar-refractivity contribution in [3.63, 3.8) is 0 Å². The molecule has 2 N–H and O–H groups in total. The molecule has 5 nitrogen and oxygen atoms in total. The van der Waals surface area contributed by atoms with Gasteiger partial charge in [-0.25, -0.2) is 4.98 Å². The van der Waals surface area contributed by atoms with Crippen LogP contribution in [0.25, 0.3) is 10.2 Å².